The molecule has 1 heterocycles. The van der Waals surface area contributed by atoms with Crippen LogP contribution in [-0.2, 0) is 10.0 Å². The zero-order valence-electron chi connectivity index (χ0n) is 8.79. The molecule has 0 aliphatic heterocycles. The van der Waals surface area contributed by atoms with E-state index in [1.54, 1.807) is 6.07 Å². The molecule has 1 aromatic carbocycles. The second-order valence-electron chi connectivity index (χ2n) is 3.24. The van der Waals surface area contributed by atoms with E-state index in [0.717, 1.165) is 18.2 Å². The van der Waals surface area contributed by atoms with Crippen molar-refractivity contribution in [2.75, 3.05) is 4.72 Å². The van der Waals surface area contributed by atoms with Crippen molar-refractivity contribution in [3.63, 3.8) is 0 Å². The Morgan fingerprint density at radius 2 is 2.17 bits per heavy atom. The summed E-state index contributed by atoms with van der Waals surface area (Å²) in [6.07, 6.45) is 1.20. The topological polar surface area (TPSA) is 96.0 Å². The molecule has 0 atom stereocenters. The summed E-state index contributed by atoms with van der Waals surface area (Å²) >= 11 is 0. The fourth-order valence-electron chi connectivity index (χ4n) is 1.22. The van der Waals surface area contributed by atoms with Crippen LogP contribution in [0, 0.1) is 17.1 Å². The van der Waals surface area contributed by atoms with Gasteiger partial charge in [0.25, 0.3) is 10.0 Å². The van der Waals surface area contributed by atoms with Gasteiger partial charge in [0.1, 0.15) is 18.1 Å². The minimum atomic E-state index is -3.92. The van der Waals surface area contributed by atoms with Crippen LogP contribution in [0.25, 0.3) is 0 Å². The van der Waals surface area contributed by atoms with Crippen LogP contribution in [0.1, 0.15) is 5.56 Å². The zero-order valence-corrected chi connectivity index (χ0v) is 9.61. The molecule has 0 bridgehead atoms. The average Bonchev–Trinajstić information content (AvgIpc) is 2.81. The van der Waals surface area contributed by atoms with E-state index in [9.17, 15) is 12.8 Å². The second-order valence-corrected chi connectivity index (χ2v) is 4.93. The van der Waals surface area contributed by atoms with Gasteiger partial charge in [0.05, 0.1) is 10.5 Å². The highest BCUT2D eigenvalue weighted by Crippen LogP contribution is 2.17. The quantitative estimate of drug-likeness (QED) is 0.908. The number of hydrogen-bond acceptors (Lipinski definition) is 5. The van der Waals surface area contributed by atoms with Gasteiger partial charge in [0.2, 0.25) is 0 Å². The Kier molecular flexibility index (Phi) is 2.99. The van der Waals surface area contributed by atoms with Crippen molar-refractivity contribution in [2.45, 2.75) is 4.90 Å². The van der Waals surface area contributed by atoms with E-state index in [0.29, 0.717) is 0 Å². The van der Waals surface area contributed by atoms with Crippen LogP contribution in [0.2, 0.25) is 0 Å². The van der Waals surface area contributed by atoms with Gasteiger partial charge in [-0.25, -0.2) is 12.8 Å². The molecule has 1 N–H and O–H groups in total. The number of rotatable bonds is 3. The third-order valence-electron chi connectivity index (χ3n) is 2.05. The van der Waals surface area contributed by atoms with Crippen molar-refractivity contribution in [2.24, 2.45) is 0 Å². The van der Waals surface area contributed by atoms with Crippen LogP contribution in [-0.4, -0.2) is 13.6 Å². The van der Waals surface area contributed by atoms with Crippen LogP contribution in [0.15, 0.2) is 39.9 Å². The summed E-state index contributed by atoms with van der Waals surface area (Å²) in [5.41, 5.74) is -0.349. The molecule has 0 spiro atoms. The molecule has 2 rings (SSSR count). The van der Waals surface area contributed by atoms with E-state index >= 15 is 0 Å². The lowest BCUT2D eigenvalue weighted by atomic mass is 10.2. The molecule has 0 saturated heterocycles. The smallest absolute Gasteiger partial charge is 0.263 e. The predicted molar refractivity (Wildman–Crippen MR) is 58.4 cm³/mol. The number of sulfonamides is 1. The van der Waals surface area contributed by atoms with Gasteiger partial charge in [0.15, 0.2) is 5.82 Å². The van der Waals surface area contributed by atoms with Crippen molar-refractivity contribution in [3.05, 3.63) is 41.9 Å². The summed E-state index contributed by atoms with van der Waals surface area (Å²) in [5, 5.41) is 12.0. The molecule has 0 unspecified atom stereocenters. The van der Waals surface area contributed by atoms with Crippen molar-refractivity contribution < 1.29 is 17.3 Å². The third kappa shape index (κ3) is 2.31. The molecule has 0 amide bonds. The molecular formula is C10H6FN3O3S. The molecule has 0 radical (unpaired) electrons. The number of benzene rings is 1. The van der Waals surface area contributed by atoms with Crippen molar-refractivity contribution in [3.8, 4) is 6.07 Å². The number of nitrogens with zero attached hydrogens (tertiary/aromatic N) is 2. The van der Waals surface area contributed by atoms with Crippen LogP contribution >= 0.6 is 0 Å². The van der Waals surface area contributed by atoms with E-state index in [2.05, 4.69) is 14.4 Å². The lowest BCUT2D eigenvalue weighted by Crippen LogP contribution is -2.13. The Hall–Kier alpha value is -2.40. The number of halogens is 1. The van der Waals surface area contributed by atoms with E-state index in [4.69, 9.17) is 5.26 Å². The van der Waals surface area contributed by atoms with E-state index in [1.165, 1.54) is 12.3 Å². The van der Waals surface area contributed by atoms with Gasteiger partial charge < -0.3 is 4.52 Å². The van der Waals surface area contributed by atoms with Gasteiger partial charge >= 0.3 is 0 Å². The average molecular weight is 267 g/mol. The van der Waals surface area contributed by atoms with Gasteiger partial charge in [-0.05, 0) is 18.2 Å². The maximum absolute atomic E-state index is 13.1. The van der Waals surface area contributed by atoms with Crippen LogP contribution in [0.4, 0.5) is 10.2 Å². The molecule has 0 fully saturated rings. The summed E-state index contributed by atoms with van der Waals surface area (Å²) in [6.45, 7) is 0. The first-order chi connectivity index (χ1) is 8.53. The Labute approximate surface area is 102 Å². The van der Waals surface area contributed by atoms with Crippen LogP contribution in [0.5, 0.6) is 0 Å². The van der Waals surface area contributed by atoms with Crippen molar-refractivity contribution in [1.82, 2.24) is 5.16 Å². The number of aromatic nitrogens is 1. The molecule has 18 heavy (non-hydrogen) atoms. The number of anilines is 1. The highest BCUT2D eigenvalue weighted by molar-refractivity contribution is 7.92. The second kappa shape index (κ2) is 4.46. The van der Waals surface area contributed by atoms with Crippen molar-refractivity contribution >= 4 is 15.8 Å². The van der Waals surface area contributed by atoms with Crippen LogP contribution in [0.3, 0.4) is 0 Å². The maximum atomic E-state index is 13.1. The highest BCUT2D eigenvalue weighted by atomic mass is 32.2. The summed E-state index contributed by atoms with van der Waals surface area (Å²) in [5.74, 6) is -0.782. The minimum Gasteiger partial charge on any atom is -0.363 e. The highest BCUT2D eigenvalue weighted by Gasteiger charge is 2.17. The molecule has 0 aliphatic carbocycles. The molecule has 0 saturated carbocycles. The van der Waals surface area contributed by atoms with Gasteiger partial charge in [-0.2, -0.15) is 5.26 Å². The Morgan fingerprint density at radius 1 is 1.39 bits per heavy atom. The predicted octanol–water partition coefficient (Wildman–Crippen LogP) is 1.49. The van der Waals surface area contributed by atoms with E-state index in [-0.39, 0.29) is 16.3 Å². The van der Waals surface area contributed by atoms with Gasteiger partial charge in [-0.1, -0.05) is 5.16 Å². The Morgan fingerprint density at radius 3 is 2.78 bits per heavy atom. The van der Waals surface area contributed by atoms with Gasteiger partial charge in [-0.15, -0.1) is 0 Å². The number of hydrogen-bond donors (Lipinski definition) is 1. The SMILES string of the molecule is N#Cc1cc(S(=O)(=O)Nc2ccon2)ccc1F. The summed E-state index contributed by atoms with van der Waals surface area (Å²) < 4.78 is 43.4. The van der Waals surface area contributed by atoms with Gasteiger partial charge in [0, 0.05) is 6.07 Å². The first kappa shape index (κ1) is 12.1. The fraction of sp³-hybridized carbons (Fsp3) is 0. The first-order valence-electron chi connectivity index (χ1n) is 4.66. The summed E-state index contributed by atoms with van der Waals surface area (Å²) in [4.78, 5) is -0.233. The lowest BCUT2D eigenvalue weighted by molar-refractivity contribution is 0.423. The van der Waals surface area contributed by atoms with Gasteiger partial charge in [-0.3, -0.25) is 4.72 Å². The maximum Gasteiger partial charge on any atom is 0.263 e. The molecule has 8 heteroatoms. The number of nitrogens with one attached hydrogen (secondary N) is 1. The Bertz CT molecular complexity index is 704. The number of nitriles is 1. The standard InChI is InChI=1S/C10H6FN3O3S/c11-9-2-1-8(5-7(9)6-12)18(15,16)14-10-3-4-17-13-10/h1-5H,(H,13,14). The summed E-state index contributed by atoms with van der Waals surface area (Å²) in [6, 6.07) is 5.79. The van der Waals surface area contributed by atoms with Crippen LogP contribution < -0.4 is 4.72 Å². The molecular weight excluding hydrogens is 261 g/mol. The first-order valence-corrected chi connectivity index (χ1v) is 6.14. The molecule has 2 aromatic rings. The van der Waals surface area contributed by atoms with E-state index in [1.807, 2.05) is 0 Å². The largest absolute Gasteiger partial charge is 0.363 e. The monoisotopic (exact) mass is 267 g/mol. The normalized spacial score (nSPS) is 10.9. The summed E-state index contributed by atoms with van der Waals surface area (Å²) in [7, 11) is -3.92. The van der Waals surface area contributed by atoms with E-state index < -0.39 is 15.8 Å². The molecule has 6 nitrogen and oxygen atoms in total. The van der Waals surface area contributed by atoms with Crippen molar-refractivity contribution in [1.29, 1.82) is 5.26 Å². The lowest BCUT2D eigenvalue weighted by Gasteiger charge is -2.05. The molecule has 92 valence electrons. The minimum absolute atomic E-state index is 0.00201. The third-order valence-corrected chi connectivity index (χ3v) is 3.40. The molecule has 1 aromatic heterocycles. The fourth-order valence-corrected chi connectivity index (χ4v) is 2.24. The molecule has 0 aliphatic rings. The Balaban J connectivity index is 2.39. The zero-order chi connectivity index (χ0) is 13.2.